The van der Waals surface area contributed by atoms with Crippen molar-refractivity contribution in [2.75, 3.05) is 6.61 Å². The number of hydrogen-bond donors (Lipinski definition) is 1. The highest BCUT2D eigenvalue weighted by Crippen LogP contribution is 2.28. The molecular weight excluding hydrogens is 406 g/mol. The smallest absolute Gasteiger partial charge is 0.154 e. The standard InChI is InChI=1S/C29H33N3O/c1-6-7-18-33-24-15-11-21(12-16-24)27-25-19-20(2)8-17-26(25)30-28(32-31-27)22-9-13-23(14-10-22)29(3,4)5/h8-17,19H,6-7,18H2,1-5H3,(H,30,32). The SMILES string of the molecule is CCCCOc1ccc(C2=NNC(c3ccc(C(C)(C)C)cc3)=Nc3ccc(C)cc32)cc1. The van der Waals surface area contributed by atoms with E-state index in [1.807, 2.05) is 12.1 Å². The lowest BCUT2D eigenvalue weighted by molar-refractivity contribution is 0.309. The van der Waals surface area contributed by atoms with Gasteiger partial charge in [0.2, 0.25) is 0 Å². The number of aliphatic imine (C=N–C) groups is 1. The van der Waals surface area contributed by atoms with E-state index in [1.54, 1.807) is 0 Å². The van der Waals surface area contributed by atoms with Gasteiger partial charge in [-0.2, -0.15) is 5.10 Å². The molecule has 3 aromatic carbocycles. The summed E-state index contributed by atoms with van der Waals surface area (Å²) in [4.78, 5) is 4.95. The number of amidine groups is 1. The van der Waals surface area contributed by atoms with Gasteiger partial charge in [0.25, 0.3) is 0 Å². The molecule has 4 heteroatoms. The first-order chi connectivity index (χ1) is 15.8. The molecule has 0 saturated carbocycles. The second-order valence-corrected chi connectivity index (χ2v) is 9.61. The van der Waals surface area contributed by atoms with E-state index in [0.29, 0.717) is 0 Å². The number of aryl methyl sites for hydroxylation is 1. The summed E-state index contributed by atoms with van der Waals surface area (Å²) in [7, 11) is 0. The Labute approximate surface area is 197 Å². The maximum absolute atomic E-state index is 5.83. The minimum absolute atomic E-state index is 0.110. The Kier molecular flexibility index (Phi) is 6.64. The summed E-state index contributed by atoms with van der Waals surface area (Å²) in [6.07, 6.45) is 2.18. The predicted octanol–water partition coefficient (Wildman–Crippen LogP) is 6.91. The first kappa shape index (κ1) is 22.8. The van der Waals surface area contributed by atoms with Crippen LogP contribution < -0.4 is 10.2 Å². The molecule has 33 heavy (non-hydrogen) atoms. The van der Waals surface area contributed by atoms with Gasteiger partial charge in [-0.25, -0.2) is 4.99 Å². The van der Waals surface area contributed by atoms with E-state index in [0.717, 1.165) is 59.1 Å². The summed E-state index contributed by atoms with van der Waals surface area (Å²) in [5, 5.41) is 4.81. The number of rotatable bonds is 6. The summed E-state index contributed by atoms with van der Waals surface area (Å²) in [6.45, 7) is 11.7. The number of unbranched alkanes of at least 4 members (excludes halogenated alkanes) is 1. The molecule has 0 radical (unpaired) electrons. The average molecular weight is 440 g/mol. The van der Waals surface area contributed by atoms with Crippen molar-refractivity contribution in [1.82, 2.24) is 5.43 Å². The van der Waals surface area contributed by atoms with E-state index in [-0.39, 0.29) is 5.41 Å². The molecule has 0 spiro atoms. The van der Waals surface area contributed by atoms with E-state index < -0.39 is 0 Å². The van der Waals surface area contributed by atoms with Crippen LogP contribution in [0.25, 0.3) is 0 Å². The molecule has 0 aromatic heterocycles. The number of ether oxygens (including phenoxy) is 1. The van der Waals surface area contributed by atoms with Crippen LogP contribution >= 0.6 is 0 Å². The fraction of sp³-hybridized carbons (Fsp3) is 0.310. The molecular formula is C29H33N3O. The average Bonchev–Trinajstić information content (AvgIpc) is 2.99. The zero-order chi connectivity index (χ0) is 23.4. The molecule has 4 nitrogen and oxygen atoms in total. The van der Waals surface area contributed by atoms with Crippen molar-refractivity contribution >= 4 is 17.2 Å². The molecule has 170 valence electrons. The number of hydrogen-bond acceptors (Lipinski definition) is 4. The topological polar surface area (TPSA) is 46.0 Å². The summed E-state index contributed by atoms with van der Waals surface area (Å²) in [6, 6.07) is 23.0. The van der Waals surface area contributed by atoms with Gasteiger partial charge in [-0.1, -0.05) is 70.0 Å². The first-order valence-electron chi connectivity index (χ1n) is 11.7. The Balaban J connectivity index is 1.68. The van der Waals surface area contributed by atoms with Gasteiger partial charge in [0, 0.05) is 16.7 Å². The molecule has 0 bridgehead atoms. The Morgan fingerprint density at radius 3 is 2.24 bits per heavy atom. The predicted molar refractivity (Wildman–Crippen MR) is 138 cm³/mol. The summed E-state index contributed by atoms with van der Waals surface area (Å²) in [5.74, 6) is 1.63. The zero-order valence-corrected chi connectivity index (χ0v) is 20.3. The lowest BCUT2D eigenvalue weighted by atomic mass is 9.86. The minimum atomic E-state index is 0.110. The van der Waals surface area contributed by atoms with Crippen LogP contribution in [0, 0.1) is 6.92 Å². The van der Waals surface area contributed by atoms with E-state index in [4.69, 9.17) is 14.8 Å². The van der Waals surface area contributed by atoms with Gasteiger partial charge in [-0.15, -0.1) is 0 Å². The van der Waals surface area contributed by atoms with Gasteiger partial charge in [-0.3, -0.25) is 5.43 Å². The van der Waals surface area contributed by atoms with Gasteiger partial charge < -0.3 is 4.74 Å². The van der Waals surface area contributed by atoms with Crippen LogP contribution in [0.5, 0.6) is 5.75 Å². The van der Waals surface area contributed by atoms with Crippen LogP contribution in [0.3, 0.4) is 0 Å². The summed E-state index contributed by atoms with van der Waals surface area (Å²) >= 11 is 0. The van der Waals surface area contributed by atoms with E-state index in [1.165, 1.54) is 11.1 Å². The lowest BCUT2D eigenvalue weighted by Gasteiger charge is -2.19. The summed E-state index contributed by atoms with van der Waals surface area (Å²) < 4.78 is 5.83. The Bertz CT molecular complexity index is 1170. The van der Waals surface area contributed by atoms with Crippen LogP contribution in [0.1, 0.15) is 68.4 Å². The van der Waals surface area contributed by atoms with Gasteiger partial charge in [0.15, 0.2) is 5.84 Å². The zero-order valence-electron chi connectivity index (χ0n) is 20.3. The Morgan fingerprint density at radius 1 is 0.879 bits per heavy atom. The largest absolute Gasteiger partial charge is 0.494 e. The molecule has 0 aliphatic carbocycles. The molecule has 0 amide bonds. The molecule has 1 heterocycles. The van der Waals surface area contributed by atoms with Gasteiger partial charge >= 0.3 is 0 Å². The van der Waals surface area contributed by atoms with Gasteiger partial charge in [0.1, 0.15) is 5.75 Å². The van der Waals surface area contributed by atoms with Crippen molar-refractivity contribution in [2.45, 2.75) is 52.9 Å². The molecule has 1 aliphatic rings. The highest BCUT2D eigenvalue weighted by atomic mass is 16.5. The van der Waals surface area contributed by atoms with Crippen molar-refractivity contribution in [1.29, 1.82) is 0 Å². The van der Waals surface area contributed by atoms with Crippen LogP contribution in [-0.4, -0.2) is 18.2 Å². The fourth-order valence-corrected chi connectivity index (χ4v) is 3.77. The molecule has 1 N–H and O–H groups in total. The van der Waals surface area contributed by atoms with E-state index in [9.17, 15) is 0 Å². The van der Waals surface area contributed by atoms with Crippen molar-refractivity contribution in [3.63, 3.8) is 0 Å². The van der Waals surface area contributed by atoms with Crippen LogP contribution in [-0.2, 0) is 5.41 Å². The number of benzene rings is 3. The first-order valence-corrected chi connectivity index (χ1v) is 11.7. The maximum atomic E-state index is 5.83. The Morgan fingerprint density at radius 2 is 1.58 bits per heavy atom. The molecule has 4 rings (SSSR count). The minimum Gasteiger partial charge on any atom is -0.494 e. The normalized spacial score (nSPS) is 13.4. The molecule has 0 unspecified atom stereocenters. The van der Waals surface area contributed by atoms with Gasteiger partial charge in [-0.05, 0) is 60.7 Å². The molecule has 0 atom stereocenters. The third kappa shape index (κ3) is 5.33. The van der Waals surface area contributed by atoms with Crippen molar-refractivity contribution in [3.8, 4) is 5.75 Å². The molecule has 0 fully saturated rings. The van der Waals surface area contributed by atoms with Crippen LogP contribution in [0.4, 0.5) is 5.69 Å². The highest BCUT2D eigenvalue weighted by Gasteiger charge is 2.19. The van der Waals surface area contributed by atoms with E-state index >= 15 is 0 Å². The van der Waals surface area contributed by atoms with Crippen LogP contribution in [0.15, 0.2) is 76.8 Å². The second kappa shape index (κ2) is 9.62. The number of hydrazone groups is 1. The summed E-state index contributed by atoms with van der Waals surface area (Å²) in [5.41, 5.74) is 10.6. The quantitative estimate of drug-likeness (QED) is 0.424. The third-order valence-electron chi connectivity index (χ3n) is 5.83. The fourth-order valence-electron chi connectivity index (χ4n) is 3.77. The second-order valence-electron chi connectivity index (χ2n) is 9.61. The molecule has 0 saturated heterocycles. The monoisotopic (exact) mass is 439 g/mol. The van der Waals surface area contributed by atoms with Crippen molar-refractivity contribution < 1.29 is 4.74 Å². The molecule has 1 aliphatic heterocycles. The lowest BCUT2D eigenvalue weighted by Crippen LogP contribution is -2.20. The highest BCUT2D eigenvalue weighted by molar-refractivity contribution is 6.18. The number of nitrogens with zero attached hydrogens (tertiary/aromatic N) is 2. The van der Waals surface area contributed by atoms with Crippen molar-refractivity contribution in [3.05, 3.63) is 94.5 Å². The van der Waals surface area contributed by atoms with Crippen LogP contribution in [0.2, 0.25) is 0 Å². The molecule has 3 aromatic rings. The maximum Gasteiger partial charge on any atom is 0.154 e. The number of fused-ring (bicyclic) bond motifs is 1. The number of nitrogens with one attached hydrogen (secondary N) is 1. The van der Waals surface area contributed by atoms with Crippen molar-refractivity contribution in [2.24, 2.45) is 10.1 Å². The Hall–Kier alpha value is -3.40. The third-order valence-corrected chi connectivity index (χ3v) is 5.83. The van der Waals surface area contributed by atoms with Gasteiger partial charge in [0.05, 0.1) is 18.0 Å². The van der Waals surface area contributed by atoms with E-state index in [2.05, 4.69) is 94.6 Å².